The van der Waals surface area contributed by atoms with Crippen LogP contribution in [0.2, 0.25) is 0 Å². The van der Waals surface area contributed by atoms with Crippen LogP contribution in [0.3, 0.4) is 0 Å². The van der Waals surface area contributed by atoms with Gasteiger partial charge in [0.25, 0.3) is 0 Å². The lowest BCUT2D eigenvalue weighted by Crippen LogP contribution is -2.49. The molecule has 3 heterocycles. The van der Waals surface area contributed by atoms with E-state index < -0.39 is 66.7 Å². The van der Waals surface area contributed by atoms with Crippen LogP contribution in [0.4, 0.5) is 0 Å². The molecule has 148 valence electrons. The first-order chi connectivity index (χ1) is 12.8. The second kappa shape index (κ2) is 7.24. The van der Waals surface area contributed by atoms with Gasteiger partial charge in [0.2, 0.25) is 17.7 Å². The number of aliphatic hydroxyl groups excluding tert-OH is 1. The number of imide groups is 1. The molecule has 0 saturated carbocycles. The number of nitrogens with zero attached hydrogens (tertiary/aromatic N) is 1. The fourth-order valence-corrected chi connectivity index (χ4v) is 3.78. The first kappa shape index (κ1) is 19.2. The van der Waals surface area contributed by atoms with Crippen LogP contribution in [0.25, 0.3) is 0 Å². The van der Waals surface area contributed by atoms with Crippen LogP contribution in [0.1, 0.15) is 19.8 Å². The molecule has 11 nitrogen and oxygen atoms in total. The van der Waals surface area contributed by atoms with Gasteiger partial charge in [-0.3, -0.25) is 24.0 Å². The third-order valence-corrected chi connectivity index (χ3v) is 5.00. The van der Waals surface area contributed by atoms with Gasteiger partial charge in [0.15, 0.2) is 12.8 Å². The average Bonchev–Trinajstić information content (AvgIpc) is 3.22. The molecule has 2 N–H and O–H groups in total. The third kappa shape index (κ3) is 3.28. The van der Waals surface area contributed by atoms with Gasteiger partial charge in [-0.1, -0.05) is 0 Å². The Balaban J connectivity index is 1.62. The highest BCUT2D eigenvalue weighted by Gasteiger charge is 2.70. The number of ether oxygens (including phenoxy) is 3. The number of amides is 3. The van der Waals surface area contributed by atoms with Crippen molar-refractivity contribution >= 4 is 29.7 Å². The molecule has 0 aromatic heterocycles. The summed E-state index contributed by atoms with van der Waals surface area (Å²) >= 11 is 0. The zero-order valence-electron chi connectivity index (χ0n) is 14.7. The number of carbonyl (C=O) groups excluding carboxylic acids is 5. The number of esters is 2. The van der Waals surface area contributed by atoms with Crippen molar-refractivity contribution in [1.29, 1.82) is 0 Å². The summed E-state index contributed by atoms with van der Waals surface area (Å²) < 4.78 is 15.5. The summed E-state index contributed by atoms with van der Waals surface area (Å²) in [6.45, 7) is 0.591. The average molecular weight is 384 g/mol. The summed E-state index contributed by atoms with van der Waals surface area (Å²) in [4.78, 5) is 59.9. The van der Waals surface area contributed by atoms with E-state index in [1.54, 1.807) is 0 Å². The maximum absolute atomic E-state index is 12.6. The van der Waals surface area contributed by atoms with E-state index >= 15 is 0 Å². The standard InChI is InChI=1S/C16H20N2O9/c1-6(19)26-14-11(22)12-9-10(13(14)27-12)16(24)18(15(9)23)5-25-8(21)4-3-7(20)17-2/h9-14,22H,3-5H2,1-2H3,(H,17,20)/t9?,10?,11-,12+,13?,14?/m1/s1. The normalized spacial score (nSPS) is 33.8. The van der Waals surface area contributed by atoms with E-state index in [2.05, 4.69) is 5.32 Å². The maximum Gasteiger partial charge on any atom is 0.308 e. The van der Waals surface area contributed by atoms with Gasteiger partial charge in [0.1, 0.15) is 18.3 Å². The second-order valence-electron chi connectivity index (χ2n) is 6.60. The lowest BCUT2D eigenvalue weighted by Gasteiger charge is -2.28. The molecule has 6 atom stereocenters. The molecule has 0 spiro atoms. The van der Waals surface area contributed by atoms with Crippen molar-refractivity contribution in [3.63, 3.8) is 0 Å². The minimum atomic E-state index is -1.22. The zero-order valence-corrected chi connectivity index (χ0v) is 14.7. The van der Waals surface area contributed by atoms with Crippen LogP contribution < -0.4 is 5.32 Å². The maximum atomic E-state index is 12.6. The van der Waals surface area contributed by atoms with E-state index in [9.17, 15) is 29.1 Å². The zero-order chi connectivity index (χ0) is 19.9. The minimum Gasteiger partial charge on any atom is -0.457 e. The number of hydrogen-bond acceptors (Lipinski definition) is 9. The molecule has 0 aromatic rings. The number of carbonyl (C=O) groups is 5. The molecular formula is C16H20N2O9. The van der Waals surface area contributed by atoms with E-state index in [1.165, 1.54) is 14.0 Å². The van der Waals surface area contributed by atoms with Gasteiger partial charge >= 0.3 is 11.9 Å². The van der Waals surface area contributed by atoms with Crippen LogP contribution in [0, 0.1) is 11.8 Å². The van der Waals surface area contributed by atoms with E-state index in [-0.39, 0.29) is 18.7 Å². The van der Waals surface area contributed by atoms with Gasteiger partial charge in [-0.15, -0.1) is 0 Å². The van der Waals surface area contributed by atoms with Crippen molar-refractivity contribution in [1.82, 2.24) is 10.2 Å². The highest BCUT2D eigenvalue weighted by Crippen LogP contribution is 2.49. The largest absolute Gasteiger partial charge is 0.457 e. The van der Waals surface area contributed by atoms with Crippen molar-refractivity contribution in [2.24, 2.45) is 11.8 Å². The van der Waals surface area contributed by atoms with Crippen LogP contribution in [0.5, 0.6) is 0 Å². The Hall–Kier alpha value is -2.53. The Morgan fingerprint density at radius 2 is 1.78 bits per heavy atom. The molecule has 0 aliphatic carbocycles. The fourth-order valence-electron chi connectivity index (χ4n) is 3.78. The Morgan fingerprint density at radius 1 is 1.15 bits per heavy atom. The highest BCUT2D eigenvalue weighted by molar-refractivity contribution is 6.06. The summed E-state index contributed by atoms with van der Waals surface area (Å²) in [5.74, 6) is -4.74. The van der Waals surface area contributed by atoms with E-state index in [0.717, 1.165) is 4.90 Å². The SMILES string of the molecule is CNC(=O)CCC(=O)OCN1C(=O)C2C3O[C@@H](C2C1=O)[C@@H](O)C3OC(C)=O. The predicted octanol–water partition coefficient (Wildman–Crippen LogP) is -2.31. The van der Waals surface area contributed by atoms with Gasteiger partial charge in [-0.05, 0) is 0 Å². The lowest BCUT2D eigenvalue weighted by atomic mass is 9.78. The van der Waals surface area contributed by atoms with Crippen molar-refractivity contribution in [2.75, 3.05) is 13.8 Å². The van der Waals surface area contributed by atoms with Gasteiger partial charge in [0, 0.05) is 20.4 Å². The van der Waals surface area contributed by atoms with Crippen molar-refractivity contribution in [3.8, 4) is 0 Å². The van der Waals surface area contributed by atoms with Crippen LogP contribution in [-0.2, 0) is 38.2 Å². The highest BCUT2D eigenvalue weighted by atomic mass is 16.6. The summed E-state index contributed by atoms with van der Waals surface area (Å²) in [5.41, 5.74) is 0. The predicted molar refractivity (Wildman–Crippen MR) is 83.3 cm³/mol. The third-order valence-electron chi connectivity index (χ3n) is 5.00. The molecule has 3 fully saturated rings. The molecule has 11 heteroatoms. The quantitative estimate of drug-likeness (QED) is 0.380. The Morgan fingerprint density at radius 3 is 2.37 bits per heavy atom. The molecule has 2 bridgehead atoms. The Kier molecular flexibility index (Phi) is 5.16. The minimum absolute atomic E-state index is 0.0727. The molecule has 0 aromatic carbocycles. The fraction of sp³-hybridized carbons (Fsp3) is 0.688. The number of rotatable bonds is 6. The lowest BCUT2D eigenvalue weighted by molar-refractivity contribution is -0.160. The van der Waals surface area contributed by atoms with Crippen LogP contribution in [0.15, 0.2) is 0 Å². The van der Waals surface area contributed by atoms with E-state index in [0.29, 0.717) is 0 Å². The topological polar surface area (TPSA) is 149 Å². The molecule has 3 aliphatic rings. The number of nitrogens with one attached hydrogen (secondary N) is 1. The molecule has 0 radical (unpaired) electrons. The summed E-state index contributed by atoms with van der Waals surface area (Å²) in [6.07, 6.45) is -4.40. The molecule has 4 unspecified atom stereocenters. The van der Waals surface area contributed by atoms with Crippen molar-refractivity contribution in [2.45, 2.75) is 44.2 Å². The molecule has 3 rings (SSSR count). The van der Waals surface area contributed by atoms with E-state index in [4.69, 9.17) is 14.2 Å². The van der Waals surface area contributed by atoms with Gasteiger partial charge < -0.3 is 24.6 Å². The number of aliphatic hydroxyl groups is 1. The molecule has 3 aliphatic heterocycles. The molecule has 27 heavy (non-hydrogen) atoms. The van der Waals surface area contributed by atoms with Crippen molar-refractivity contribution < 1.29 is 43.3 Å². The summed E-state index contributed by atoms with van der Waals surface area (Å²) in [7, 11) is 1.43. The van der Waals surface area contributed by atoms with Crippen LogP contribution in [-0.4, -0.2) is 77.9 Å². The molecule has 3 amide bonds. The monoisotopic (exact) mass is 384 g/mol. The van der Waals surface area contributed by atoms with Crippen molar-refractivity contribution in [3.05, 3.63) is 0 Å². The number of hydrogen-bond donors (Lipinski definition) is 2. The van der Waals surface area contributed by atoms with Crippen LogP contribution >= 0.6 is 0 Å². The Labute approximate surface area is 153 Å². The number of fused-ring (bicyclic) bond motifs is 5. The van der Waals surface area contributed by atoms with E-state index in [1.807, 2.05) is 0 Å². The summed E-state index contributed by atoms with van der Waals surface area (Å²) in [6, 6.07) is 0. The Bertz CT molecular complexity index is 693. The van der Waals surface area contributed by atoms with Gasteiger partial charge in [0.05, 0.1) is 18.3 Å². The number of likely N-dealkylation sites (tertiary alicyclic amines) is 1. The molecule has 3 saturated heterocycles. The van der Waals surface area contributed by atoms with Gasteiger partial charge in [-0.25, -0.2) is 4.90 Å². The second-order valence-corrected chi connectivity index (χ2v) is 6.60. The summed E-state index contributed by atoms with van der Waals surface area (Å²) in [5, 5.41) is 12.6. The van der Waals surface area contributed by atoms with Gasteiger partial charge in [-0.2, -0.15) is 0 Å². The molecular weight excluding hydrogens is 364 g/mol. The first-order valence-electron chi connectivity index (χ1n) is 8.48. The first-order valence-corrected chi connectivity index (χ1v) is 8.48. The smallest absolute Gasteiger partial charge is 0.308 e.